The number of rotatable bonds is 3. The van der Waals surface area contributed by atoms with E-state index in [9.17, 15) is 4.79 Å². The fourth-order valence-electron chi connectivity index (χ4n) is 1.41. The van der Waals surface area contributed by atoms with Crippen molar-refractivity contribution in [1.29, 1.82) is 0 Å². The minimum absolute atomic E-state index is 0.0891. The molecule has 0 bridgehead atoms. The molecule has 1 N–H and O–H groups in total. The molecule has 1 saturated heterocycles. The van der Waals surface area contributed by atoms with E-state index in [0.717, 1.165) is 13.0 Å². The zero-order chi connectivity index (χ0) is 9.90. The van der Waals surface area contributed by atoms with E-state index < -0.39 is 0 Å². The van der Waals surface area contributed by atoms with Crippen LogP contribution in [0, 0.1) is 0 Å². The standard InChI is InChI=1S/C9H17NO3/c1-7-9(2,4-5-13-7)10-6-8(11)12-3/h7,10H,4-6H2,1-3H3. The van der Waals surface area contributed by atoms with Gasteiger partial charge in [0.1, 0.15) is 0 Å². The van der Waals surface area contributed by atoms with Crippen LogP contribution in [0.25, 0.3) is 0 Å². The fourth-order valence-corrected chi connectivity index (χ4v) is 1.41. The number of ether oxygens (including phenoxy) is 2. The predicted molar refractivity (Wildman–Crippen MR) is 48.5 cm³/mol. The maximum absolute atomic E-state index is 10.9. The van der Waals surface area contributed by atoms with Gasteiger partial charge in [-0.05, 0) is 20.3 Å². The Balaban J connectivity index is 2.38. The van der Waals surface area contributed by atoms with E-state index in [1.165, 1.54) is 7.11 Å². The summed E-state index contributed by atoms with van der Waals surface area (Å²) in [5, 5.41) is 3.16. The second kappa shape index (κ2) is 4.07. The number of methoxy groups -OCH3 is 1. The van der Waals surface area contributed by atoms with E-state index in [1.54, 1.807) is 0 Å². The minimum atomic E-state index is -0.236. The summed E-state index contributed by atoms with van der Waals surface area (Å²) >= 11 is 0. The van der Waals surface area contributed by atoms with Crippen LogP contribution in [-0.4, -0.2) is 37.9 Å². The van der Waals surface area contributed by atoms with Gasteiger partial charge in [0.05, 0.1) is 19.8 Å². The lowest BCUT2D eigenvalue weighted by Crippen LogP contribution is -2.49. The van der Waals surface area contributed by atoms with Gasteiger partial charge in [-0.25, -0.2) is 0 Å². The van der Waals surface area contributed by atoms with E-state index in [-0.39, 0.29) is 24.2 Å². The molecule has 2 unspecified atom stereocenters. The highest BCUT2D eigenvalue weighted by Gasteiger charge is 2.36. The Kier molecular flexibility index (Phi) is 3.27. The van der Waals surface area contributed by atoms with Gasteiger partial charge in [-0.3, -0.25) is 10.1 Å². The molecule has 1 aliphatic rings. The molecule has 0 spiro atoms. The highest BCUT2D eigenvalue weighted by atomic mass is 16.5. The van der Waals surface area contributed by atoms with Crippen molar-refractivity contribution in [3.63, 3.8) is 0 Å². The molecule has 1 rings (SSSR count). The number of esters is 1. The Hall–Kier alpha value is -0.610. The molecule has 0 aromatic heterocycles. The van der Waals surface area contributed by atoms with Crippen molar-refractivity contribution in [3.05, 3.63) is 0 Å². The van der Waals surface area contributed by atoms with Crippen molar-refractivity contribution >= 4 is 5.97 Å². The van der Waals surface area contributed by atoms with E-state index >= 15 is 0 Å². The first-order valence-electron chi connectivity index (χ1n) is 4.52. The summed E-state index contributed by atoms with van der Waals surface area (Å²) in [5.74, 6) is -0.236. The second-order valence-electron chi connectivity index (χ2n) is 3.61. The average molecular weight is 187 g/mol. The lowest BCUT2D eigenvalue weighted by molar-refractivity contribution is -0.140. The summed E-state index contributed by atoms with van der Waals surface area (Å²) in [5.41, 5.74) is -0.0891. The first-order valence-corrected chi connectivity index (χ1v) is 4.52. The molecule has 4 heteroatoms. The van der Waals surface area contributed by atoms with Gasteiger partial charge in [0, 0.05) is 12.1 Å². The molecule has 1 heterocycles. The Morgan fingerprint density at radius 3 is 2.92 bits per heavy atom. The highest BCUT2D eigenvalue weighted by molar-refractivity contribution is 5.71. The van der Waals surface area contributed by atoms with Crippen molar-refractivity contribution in [3.8, 4) is 0 Å². The Labute approximate surface area is 78.6 Å². The van der Waals surface area contributed by atoms with Crippen LogP contribution < -0.4 is 5.32 Å². The van der Waals surface area contributed by atoms with Crippen LogP contribution in [0.2, 0.25) is 0 Å². The van der Waals surface area contributed by atoms with Crippen LogP contribution in [0.5, 0.6) is 0 Å². The summed E-state index contributed by atoms with van der Waals surface area (Å²) < 4.78 is 9.97. The van der Waals surface area contributed by atoms with Gasteiger partial charge in [0.2, 0.25) is 0 Å². The number of nitrogens with one attached hydrogen (secondary N) is 1. The molecule has 1 fully saturated rings. The minimum Gasteiger partial charge on any atom is -0.468 e. The highest BCUT2D eigenvalue weighted by Crippen LogP contribution is 2.24. The normalized spacial score (nSPS) is 33.3. The van der Waals surface area contributed by atoms with Crippen molar-refractivity contribution in [2.45, 2.75) is 31.9 Å². The predicted octanol–water partition coefficient (Wildman–Crippen LogP) is 0.316. The zero-order valence-electron chi connectivity index (χ0n) is 8.42. The SMILES string of the molecule is COC(=O)CNC1(C)CCOC1C. The van der Waals surface area contributed by atoms with E-state index in [2.05, 4.69) is 17.0 Å². The first kappa shape index (κ1) is 10.5. The van der Waals surface area contributed by atoms with Crippen molar-refractivity contribution < 1.29 is 14.3 Å². The van der Waals surface area contributed by atoms with Gasteiger partial charge in [-0.2, -0.15) is 0 Å². The van der Waals surface area contributed by atoms with Gasteiger partial charge in [0.25, 0.3) is 0 Å². The largest absolute Gasteiger partial charge is 0.468 e. The maximum atomic E-state index is 10.9. The summed E-state index contributed by atoms with van der Waals surface area (Å²) in [6, 6.07) is 0. The number of carbonyl (C=O) groups excluding carboxylic acids is 1. The van der Waals surface area contributed by atoms with Gasteiger partial charge in [-0.15, -0.1) is 0 Å². The topological polar surface area (TPSA) is 47.6 Å². The Morgan fingerprint density at radius 2 is 2.46 bits per heavy atom. The summed E-state index contributed by atoms with van der Waals surface area (Å²) in [6.07, 6.45) is 1.09. The van der Waals surface area contributed by atoms with Crippen LogP contribution in [0.3, 0.4) is 0 Å². The summed E-state index contributed by atoms with van der Waals surface area (Å²) in [7, 11) is 1.39. The maximum Gasteiger partial charge on any atom is 0.319 e. The van der Waals surface area contributed by atoms with Crippen molar-refractivity contribution in [2.75, 3.05) is 20.3 Å². The Morgan fingerprint density at radius 1 is 1.77 bits per heavy atom. The quantitative estimate of drug-likeness (QED) is 0.646. The lowest BCUT2D eigenvalue weighted by atomic mass is 9.95. The van der Waals surface area contributed by atoms with Crippen LogP contribution >= 0.6 is 0 Å². The van der Waals surface area contributed by atoms with Gasteiger partial charge in [0.15, 0.2) is 0 Å². The molecule has 2 atom stereocenters. The molecule has 4 nitrogen and oxygen atoms in total. The molecular formula is C9H17NO3. The number of carbonyl (C=O) groups is 1. The van der Waals surface area contributed by atoms with Crippen LogP contribution in [0.4, 0.5) is 0 Å². The lowest BCUT2D eigenvalue weighted by Gasteiger charge is -2.28. The van der Waals surface area contributed by atoms with Crippen molar-refractivity contribution in [1.82, 2.24) is 5.32 Å². The molecule has 0 aromatic carbocycles. The molecular weight excluding hydrogens is 170 g/mol. The molecule has 13 heavy (non-hydrogen) atoms. The molecule has 0 aliphatic carbocycles. The van der Waals surface area contributed by atoms with Crippen molar-refractivity contribution in [2.24, 2.45) is 0 Å². The van der Waals surface area contributed by atoms with Gasteiger partial charge in [-0.1, -0.05) is 0 Å². The van der Waals surface area contributed by atoms with E-state index in [1.807, 2.05) is 6.92 Å². The summed E-state index contributed by atoms with van der Waals surface area (Å²) in [6.45, 7) is 5.08. The number of hydrogen-bond donors (Lipinski definition) is 1. The van der Waals surface area contributed by atoms with Crippen LogP contribution in [-0.2, 0) is 14.3 Å². The third-order valence-electron chi connectivity index (χ3n) is 2.75. The van der Waals surface area contributed by atoms with Gasteiger partial charge < -0.3 is 9.47 Å². The second-order valence-corrected chi connectivity index (χ2v) is 3.61. The van der Waals surface area contributed by atoms with Gasteiger partial charge >= 0.3 is 5.97 Å². The molecule has 1 aliphatic heterocycles. The van der Waals surface area contributed by atoms with E-state index in [4.69, 9.17) is 4.74 Å². The van der Waals surface area contributed by atoms with Crippen LogP contribution in [0.15, 0.2) is 0 Å². The number of hydrogen-bond acceptors (Lipinski definition) is 4. The first-order chi connectivity index (χ1) is 6.08. The zero-order valence-corrected chi connectivity index (χ0v) is 8.42. The summed E-state index contributed by atoms with van der Waals surface area (Å²) in [4.78, 5) is 10.9. The molecule has 0 amide bonds. The molecule has 0 radical (unpaired) electrons. The Bertz CT molecular complexity index is 195. The third-order valence-corrected chi connectivity index (χ3v) is 2.75. The average Bonchev–Trinajstić information content (AvgIpc) is 2.44. The molecule has 0 aromatic rings. The third kappa shape index (κ3) is 2.42. The van der Waals surface area contributed by atoms with E-state index in [0.29, 0.717) is 0 Å². The fraction of sp³-hybridized carbons (Fsp3) is 0.889. The monoisotopic (exact) mass is 187 g/mol. The smallest absolute Gasteiger partial charge is 0.319 e. The molecule has 76 valence electrons. The molecule has 0 saturated carbocycles. The van der Waals surface area contributed by atoms with Crippen LogP contribution in [0.1, 0.15) is 20.3 Å².